The van der Waals surface area contributed by atoms with Crippen molar-refractivity contribution in [3.63, 3.8) is 0 Å². The van der Waals surface area contributed by atoms with Crippen molar-refractivity contribution >= 4 is 39.9 Å². The Morgan fingerprint density at radius 1 is 1.17 bits per heavy atom. The number of anilines is 2. The van der Waals surface area contributed by atoms with Crippen LogP contribution in [0.15, 0.2) is 42.9 Å². The maximum atomic E-state index is 4.31. The number of halogens is 1. The van der Waals surface area contributed by atoms with Crippen LogP contribution in [-0.2, 0) is 0 Å². The van der Waals surface area contributed by atoms with Gasteiger partial charge in [0.25, 0.3) is 0 Å². The zero-order valence-corrected chi connectivity index (χ0v) is 11.8. The van der Waals surface area contributed by atoms with Crippen molar-refractivity contribution in [1.29, 1.82) is 0 Å². The van der Waals surface area contributed by atoms with Crippen molar-refractivity contribution in [2.24, 2.45) is 0 Å². The van der Waals surface area contributed by atoms with Gasteiger partial charge in [-0.3, -0.25) is 0 Å². The molecule has 5 nitrogen and oxygen atoms in total. The van der Waals surface area contributed by atoms with Gasteiger partial charge in [0.2, 0.25) is 5.95 Å². The van der Waals surface area contributed by atoms with Gasteiger partial charge in [-0.1, -0.05) is 18.2 Å². The summed E-state index contributed by atoms with van der Waals surface area (Å²) >= 11 is 2.22. The van der Waals surface area contributed by atoms with Crippen molar-refractivity contribution in [1.82, 2.24) is 19.6 Å². The van der Waals surface area contributed by atoms with E-state index >= 15 is 0 Å². The van der Waals surface area contributed by atoms with Crippen molar-refractivity contribution < 1.29 is 0 Å². The molecule has 0 unspecified atom stereocenters. The highest BCUT2D eigenvalue weighted by atomic mass is 127. The fourth-order valence-corrected chi connectivity index (χ4v) is 2.26. The van der Waals surface area contributed by atoms with Crippen LogP contribution in [0.2, 0.25) is 0 Å². The van der Waals surface area contributed by atoms with Gasteiger partial charge in [-0.25, -0.2) is 9.97 Å². The summed E-state index contributed by atoms with van der Waals surface area (Å²) in [7, 11) is 1.96. The molecule has 0 aliphatic carbocycles. The molecule has 6 heteroatoms. The van der Waals surface area contributed by atoms with Gasteiger partial charge < -0.3 is 4.90 Å². The molecule has 0 saturated heterocycles. The normalized spacial score (nSPS) is 10.8. The summed E-state index contributed by atoms with van der Waals surface area (Å²) in [6.07, 6.45) is 3.35. The molecule has 0 aliphatic heterocycles. The largest absolute Gasteiger partial charge is 0.313 e. The van der Waals surface area contributed by atoms with E-state index in [0.29, 0.717) is 0 Å². The Morgan fingerprint density at radius 3 is 2.72 bits per heavy atom. The topological polar surface area (TPSA) is 46.3 Å². The first kappa shape index (κ1) is 11.4. The molecular formula is C12H10IN5. The Kier molecular flexibility index (Phi) is 2.86. The predicted molar refractivity (Wildman–Crippen MR) is 78.0 cm³/mol. The van der Waals surface area contributed by atoms with Gasteiger partial charge in [0.1, 0.15) is 6.33 Å². The highest BCUT2D eigenvalue weighted by Gasteiger charge is 2.12. The minimum Gasteiger partial charge on any atom is -0.313 e. The summed E-state index contributed by atoms with van der Waals surface area (Å²) < 4.78 is 2.76. The van der Waals surface area contributed by atoms with E-state index in [9.17, 15) is 0 Å². The third-order valence-electron chi connectivity index (χ3n) is 2.69. The fourth-order valence-electron chi connectivity index (χ4n) is 1.77. The lowest BCUT2D eigenvalue weighted by molar-refractivity contribution is 0.865. The lowest BCUT2D eigenvalue weighted by atomic mass is 10.3. The first-order chi connectivity index (χ1) is 8.77. The van der Waals surface area contributed by atoms with Crippen LogP contribution in [0, 0.1) is 3.57 Å². The number of rotatable bonds is 2. The molecule has 0 amide bonds. The number of nitrogens with zero attached hydrogens (tertiary/aromatic N) is 5. The van der Waals surface area contributed by atoms with E-state index in [1.54, 1.807) is 17.0 Å². The highest BCUT2D eigenvalue weighted by Crippen LogP contribution is 2.22. The first-order valence-electron chi connectivity index (χ1n) is 5.40. The summed E-state index contributed by atoms with van der Waals surface area (Å²) in [5, 5.41) is 4.31. The van der Waals surface area contributed by atoms with Gasteiger partial charge in [-0.05, 0) is 34.7 Å². The zero-order valence-electron chi connectivity index (χ0n) is 9.66. The van der Waals surface area contributed by atoms with E-state index in [-0.39, 0.29) is 0 Å². The molecular weight excluding hydrogens is 341 g/mol. The standard InChI is InChI=1S/C12H10IN5/c1-17(9-5-3-2-4-6-9)12-15-8-14-11-10(13)7-16-18(11)12/h2-8H,1H3. The number of aromatic nitrogens is 4. The summed E-state index contributed by atoms with van der Waals surface area (Å²) in [5.74, 6) is 0.745. The average molecular weight is 351 g/mol. The third-order valence-corrected chi connectivity index (χ3v) is 3.45. The van der Waals surface area contributed by atoms with Crippen molar-refractivity contribution in [3.8, 4) is 0 Å². The average Bonchev–Trinajstić information content (AvgIpc) is 2.81. The molecule has 1 aromatic carbocycles. The molecule has 2 heterocycles. The van der Waals surface area contributed by atoms with Gasteiger partial charge in [0.05, 0.1) is 9.77 Å². The van der Waals surface area contributed by atoms with Crippen LogP contribution in [0.3, 0.4) is 0 Å². The van der Waals surface area contributed by atoms with Crippen LogP contribution in [0.1, 0.15) is 0 Å². The van der Waals surface area contributed by atoms with Crippen molar-refractivity contribution in [3.05, 3.63) is 46.4 Å². The second-order valence-electron chi connectivity index (χ2n) is 3.80. The van der Waals surface area contributed by atoms with E-state index in [0.717, 1.165) is 20.9 Å². The van der Waals surface area contributed by atoms with Crippen LogP contribution in [0.4, 0.5) is 11.6 Å². The molecule has 0 fully saturated rings. The molecule has 3 rings (SSSR count). The van der Waals surface area contributed by atoms with E-state index < -0.39 is 0 Å². The molecule has 3 aromatic rings. The van der Waals surface area contributed by atoms with Crippen LogP contribution in [0.5, 0.6) is 0 Å². The molecule has 0 aliphatic rings. The van der Waals surface area contributed by atoms with Crippen molar-refractivity contribution in [2.45, 2.75) is 0 Å². The molecule has 0 bridgehead atoms. The molecule has 0 spiro atoms. The summed E-state index contributed by atoms with van der Waals surface area (Å²) in [6.45, 7) is 0. The molecule has 0 atom stereocenters. The van der Waals surface area contributed by atoms with Crippen LogP contribution >= 0.6 is 22.6 Å². The molecule has 2 aromatic heterocycles. The number of para-hydroxylation sites is 1. The smallest absolute Gasteiger partial charge is 0.234 e. The number of fused-ring (bicyclic) bond motifs is 1. The van der Waals surface area contributed by atoms with Crippen LogP contribution in [-0.4, -0.2) is 26.6 Å². The lowest BCUT2D eigenvalue weighted by Gasteiger charge is -2.18. The van der Waals surface area contributed by atoms with Gasteiger partial charge in [-0.15, -0.1) is 0 Å². The monoisotopic (exact) mass is 351 g/mol. The quantitative estimate of drug-likeness (QED) is 0.666. The minimum atomic E-state index is 0.745. The Bertz CT molecular complexity index is 679. The second kappa shape index (κ2) is 4.52. The van der Waals surface area contributed by atoms with Crippen LogP contribution < -0.4 is 4.90 Å². The predicted octanol–water partition coefficient (Wildman–Crippen LogP) is 2.50. The summed E-state index contributed by atoms with van der Waals surface area (Å²) in [5.41, 5.74) is 1.88. The Hall–Kier alpha value is -1.70. The minimum absolute atomic E-state index is 0.745. The van der Waals surface area contributed by atoms with E-state index in [4.69, 9.17) is 0 Å². The van der Waals surface area contributed by atoms with Gasteiger partial charge in [-0.2, -0.15) is 9.61 Å². The van der Waals surface area contributed by atoms with E-state index in [1.165, 1.54) is 0 Å². The van der Waals surface area contributed by atoms with Crippen molar-refractivity contribution in [2.75, 3.05) is 11.9 Å². The first-order valence-corrected chi connectivity index (χ1v) is 6.48. The van der Waals surface area contributed by atoms with E-state index in [1.807, 2.05) is 42.3 Å². The molecule has 0 N–H and O–H groups in total. The second-order valence-corrected chi connectivity index (χ2v) is 4.96. The molecule has 18 heavy (non-hydrogen) atoms. The Morgan fingerprint density at radius 2 is 1.94 bits per heavy atom. The van der Waals surface area contributed by atoms with Gasteiger partial charge >= 0.3 is 0 Å². The third kappa shape index (κ3) is 1.82. The Balaban J connectivity index is 2.15. The number of hydrogen-bond donors (Lipinski definition) is 0. The highest BCUT2D eigenvalue weighted by molar-refractivity contribution is 14.1. The number of benzene rings is 1. The van der Waals surface area contributed by atoms with Crippen LogP contribution in [0.25, 0.3) is 5.65 Å². The van der Waals surface area contributed by atoms with Gasteiger partial charge in [0.15, 0.2) is 5.65 Å². The molecule has 0 radical (unpaired) electrons. The summed E-state index contributed by atoms with van der Waals surface area (Å²) in [6, 6.07) is 10.0. The lowest BCUT2D eigenvalue weighted by Crippen LogP contribution is -2.16. The SMILES string of the molecule is CN(c1ccccc1)c1ncnc2c(I)cnn12. The molecule has 0 saturated carbocycles. The number of hydrogen-bond acceptors (Lipinski definition) is 4. The fraction of sp³-hybridized carbons (Fsp3) is 0.0833. The Labute approximate surface area is 118 Å². The summed E-state index contributed by atoms with van der Waals surface area (Å²) in [4.78, 5) is 10.5. The maximum absolute atomic E-state index is 4.31. The zero-order chi connectivity index (χ0) is 12.5. The van der Waals surface area contributed by atoms with Gasteiger partial charge in [0, 0.05) is 12.7 Å². The maximum Gasteiger partial charge on any atom is 0.234 e. The van der Waals surface area contributed by atoms with E-state index in [2.05, 4.69) is 37.7 Å². The molecule has 90 valence electrons.